The molecule has 0 heteroatoms. The van der Waals surface area contributed by atoms with Crippen molar-refractivity contribution in [1.82, 2.24) is 0 Å². The topological polar surface area (TPSA) is 0 Å². The van der Waals surface area contributed by atoms with Crippen LogP contribution < -0.4 is 0 Å². The first-order chi connectivity index (χ1) is 9.75. The maximum absolute atomic E-state index is 2.27. The third-order valence-corrected chi connectivity index (χ3v) is 3.83. The summed E-state index contributed by atoms with van der Waals surface area (Å²) < 4.78 is 0. The number of hydrogen-bond acceptors (Lipinski definition) is 0. The Morgan fingerprint density at radius 1 is 0.500 bits per heavy atom. The SMILES string of the molecule is Cc1ccc(-c2ccccc2-c2ccccc2)cc1C. The second-order valence-electron chi connectivity index (χ2n) is 5.21. The average molecular weight is 258 g/mol. The van der Waals surface area contributed by atoms with Gasteiger partial charge in [0.2, 0.25) is 0 Å². The van der Waals surface area contributed by atoms with E-state index in [-0.39, 0.29) is 0 Å². The lowest BCUT2D eigenvalue weighted by molar-refractivity contribution is 1.34. The minimum Gasteiger partial charge on any atom is -0.0622 e. The van der Waals surface area contributed by atoms with Gasteiger partial charge in [0, 0.05) is 0 Å². The lowest BCUT2D eigenvalue weighted by Gasteiger charge is -2.11. The predicted molar refractivity (Wildman–Crippen MR) is 86.8 cm³/mol. The Balaban J connectivity index is 2.17. The van der Waals surface area contributed by atoms with Crippen LogP contribution in [0.2, 0.25) is 0 Å². The van der Waals surface area contributed by atoms with E-state index < -0.39 is 0 Å². The van der Waals surface area contributed by atoms with Gasteiger partial charge in [0.05, 0.1) is 0 Å². The Hall–Kier alpha value is -2.34. The first-order valence-corrected chi connectivity index (χ1v) is 6.98. The van der Waals surface area contributed by atoms with Crippen LogP contribution in [0.25, 0.3) is 22.3 Å². The first-order valence-electron chi connectivity index (χ1n) is 6.98. The van der Waals surface area contributed by atoms with Gasteiger partial charge >= 0.3 is 0 Å². The molecule has 0 bridgehead atoms. The molecule has 0 amide bonds. The highest BCUT2D eigenvalue weighted by Crippen LogP contribution is 2.32. The van der Waals surface area contributed by atoms with Crippen molar-refractivity contribution in [2.45, 2.75) is 13.8 Å². The van der Waals surface area contributed by atoms with Gasteiger partial charge in [0.25, 0.3) is 0 Å². The summed E-state index contributed by atoms with van der Waals surface area (Å²) in [6, 6.07) is 25.9. The predicted octanol–water partition coefficient (Wildman–Crippen LogP) is 5.64. The Morgan fingerprint density at radius 2 is 1.10 bits per heavy atom. The monoisotopic (exact) mass is 258 g/mol. The van der Waals surface area contributed by atoms with E-state index in [1.165, 1.54) is 33.4 Å². The summed E-state index contributed by atoms with van der Waals surface area (Å²) in [6.07, 6.45) is 0. The zero-order valence-electron chi connectivity index (χ0n) is 11.9. The number of rotatable bonds is 2. The molecule has 0 nitrogen and oxygen atoms in total. The summed E-state index contributed by atoms with van der Waals surface area (Å²) in [7, 11) is 0. The fraction of sp³-hybridized carbons (Fsp3) is 0.100. The van der Waals surface area contributed by atoms with Gasteiger partial charge < -0.3 is 0 Å². The minimum atomic E-state index is 1.27. The molecule has 0 N–H and O–H groups in total. The lowest BCUT2D eigenvalue weighted by atomic mass is 9.93. The van der Waals surface area contributed by atoms with E-state index in [4.69, 9.17) is 0 Å². The smallest absolute Gasteiger partial charge is 0.0105 e. The van der Waals surface area contributed by atoms with E-state index >= 15 is 0 Å². The zero-order chi connectivity index (χ0) is 13.9. The zero-order valence-corrected chi connectivity index (χ0v) is 11.9. The molecule has 0 saturated heterocycles. The molecule has 3 aromatic rings. The summed E-state index contributed by atoms with van der Waals surface area (Å²) >= 11 is 0. The van der Waals surface area contributed by atoms with Crippen molar-refractivity contribution in [1.29, 1.82) is 0 Å². The molecule has 3 aromatic carbocycles. The lowest BCUT2D eigenvalue weighted by Crippen LogP contribution is -1.87. The van der Waals surface area contributed by atoms with Crippen molar-refractivity contribution in [3.05, 3.63) is 83.9 Å². The molecule has 20 heavy (non-hydrogen) atoms. The van der Waals surface area contributed by atoms with Gasteiger partial charge in [0.15, 0.2) is 0 Å². The molecule has 3 rings (SSSR count). The minimum absolute atomic E-state index is 1.27. The maximum Gasteiger partial charge on any atom is -0.0105 e. The summed E-state index contributed by atoms with van der Waals surface area (Å²) in [5.41, 5.74) is 7.81. The van der Waals surface area contributed by atoms with Crippen molar-refractivity contribution in [2.24, 2.45) is 0 Å². The molecule has 0 heterocycles. The van der Waals surface area contributed by atoms with E-state index in [1.807, 2.05) is 0 Å². The second kappa shape index (κ2) is 5.34. The summed E-state index contributed by atoms with van der Waals surface area (Å²) in [4.78, 5) is 0. The van der Waals surface area contributed by atoms with Gasteiger partial charge in [-0.25, -0.2) is 0 Å². The van der Waals surface area contributed by atoms with E-state index in [9.17, 15) is 0 Å². The first kappa shape index (κ1) is 12.7. The maximum atomic E-state index is 2.27. The number of aryl methyl sites for hydroxylation is 2. The van der Waals surface area contributed by atoms with Crippen molar-refractivity contribution < 1.29 is 0 Å². The highest BCUT2D eigenvalue weighted by molar-refractivity contribution is 5.83. The molecular formula is C20H18. The molecule has 98 valence electrons. The Bertz CT molecular complexity index is 724. The normalized spacial score (nSPS) is 10.5. The molecule has 0 unspecified atom stereocenters. The molecule has 0 spiro atoms. The van der Waals surface area contributed by atoms with Crippen molar-refractivity contribution >= 4 is 0 Å². The van der Waals surface area contributed by atoms with Crippen LogP contribution in [-0.4, -0.2) is 0 Å². The second-order valence-corrected chi connectivity index (χ2v) is 5.21. The quantitative estimate of drug-likeness (QED) is 0.558. The number of hydrogen-bond donors (Lipinski definition) is 0. The molecule has 0 fully saturated rings. The van der Waals surface area contributed by atoms with Crippen LogP contribution in [0.15, 0.2) is 72.8 Å². The Labute approximate surface area is 120 Å². The van der Waals surface area contributed by atoms with Crippen molar-refractivity contribution in [2.75, 3.05) is 0 Å². The fourth-order valence-electron chi connectivity index (χ4n) is 2.51. The van der Waals surface area contributed by atoms with Gasteiger partial charge in [-0.05, 0) is 47.2 Å². The van der Waals surface area contributed by atoms with Crippen LogP contribution in [0.3, 0.4) is 0 Å². The van der Waals surface area contributed by atoms with Gasteiger partial charge in [-0.2, -0.15) is 0 Å². The average Bonchev–Trinajstić information content (AvgIpc) is 2.51. The largest absolute Gasteiger partial charge is 0.0622 e. The molecule has 0 aliphatic rings. The van der Waals surface area contributed by atoms with Crippen molar-refractivity contribution in [3.8, 4) is 22.3 Å². The highest BCUT2D eigenvalue weighted by Gasteiger charge is 2.07. The molecule has 0 aliphatic carbocycles. The van der Waals surface area contributed by atoms with Crippen molar-refractivity contribution in [3.63, 3.8) is 0 Å². The summed E-state index contributed by atoms with van der Waals surface area (Å²) in [6.45, 7) is 4.33. The summed E-state index contributed by atoms with van der Waals surface area (Å²) in [5, 5.41) is 0. The van der Waals surface area contributed by atoms with Crippen LogP contribution in [0.4, 0.5) is 0 Å². The van der Waals surface area contributed by atoms with Crippen LogP contribution in [0.5, 0.6) is 0 Å². The van der Waals surface area contributed by atoms with Crippen LogP contribution in [-0.2, 0) is 0 Å². The van der Waals surface area contributed by atoms with Crippen LogP contribution in [0.1, 0.15) is 11.1 Å². The molecule has 0 radical (unpaired) electrons. The van der Waals surface area contributed by atoms with Crippen LogP contribution in [0, 0.1) is 13.8 Å². The van der Waals surface area contributed by atoms with Gasteiger partial charge in [-0.3, -0.25) is 0 Å². The number of benzene rings is 3. The molecule has 0 atom stereocenters. The van der Waals surface area contributed by atoms with E-state index in [1.54, 1.807) is 0 Å². The Kier molecular flexibility index (Phi) is 3.39. The third kappa shape index (κ3) is 2.37. The van der Waals surface area contributed by atoms with E-state index in [0.29, 0.717) is 0 Å². The fourth-order valence-corrected chi connectivity index (χ4v) is 2.51. The molecule has 0 aliphatic heterocycles. The Morgan fingerprint density at radius 3 is 1.75 bits per heavy atom. The standard InChI is InChI=1S/C20H18/c1-15-12-13-18(14-16(15)2)20-11-7-6-10-19(20)17-8-4-3-5-9-17/h3-14H,1-2H3. The van der Waals surface area contributed by atoms with Gasteiger partial charge in [-0.15, -0.1) is 0 Å². The molecular weight excluding hydrogens is 240 g/mol. The third-order valence-electron chi connectivity index (χ3n) is 3.83. The van der Waals surface area contributed by atoms with Gasteiger partial charge in [0.1, 0.15) is 0 Å². The van der Waals surface area contributed by atoms with E-state index in [0.717, 1.165) is 0 Å². The van der Waals surface area contributed by atoms with E-state index in [2.05, 4.69) is 86.6 Å². The summed E-state index contributed by atoms with van der Waals surface area (Å²) in [5.74, 6) is 0. The molecule has 0 saturated carbocycles. The highest BCUT2D eigenvalue weighted by atomic mass is 14.1. The van der Waals surface area contributed by atoms with Gasteiger partial charge in [-0.1, -0.05) is 72.8 Å². The van der Waals surface area contributed by atoms with Crippen LogP contribution >= 0.6 is 0 Å². The molecule has 0 aromatic heterocycles.